The molecule has 0 amide bonds. The van der Waals surface area contributed by atoms with Crippen LogP contribution in [0.5, 0.6) is 0 Å². The lowest BCUT2D eigenvalue weighted by Crippen LogP contribution is -2.37. The van der Waals surface area contributed by atoms with Crippen LogP contribution in [0.3, 0.4) is 0 Å². The number of esters is 1. The summed E-state index contributed by atoms with van der Waals surface area (Å²) in [4.78, 5) is 24.6. The molecule has 126 valence electrons. The summed E-state index contributed by atoms with van der Waals surface area (Å²) in [5, 5.41) is 21.1. The second-order valence-electron chi connectivity index (χ2n) is 5.69. The summed E-state index contributed by atoms with van der Waals surface area (Å²) in [5.74, 6) is -0.998. The molecular formula is C16H22N2O5. The van der Waals surface area contributed by atoms with Gasteiger partial charge in [0.1, 0.15) is 0 Å². The highest BCUT2D eigenvalue weighted by Gasteiger charge is 2.49. The fraction of sp³-hybridized carbons (Fsp3) is 0.562. The van der Waals surface area contributed by atoms with Crippen LogP contribution in [-0.4, -0.2) is 52.7 Å². The van der Waals surface area contributed by atoms with Crippen LogP contribution in [0.25, 0.3) is 0 Å². The molecule has 1 N–H and O–H groups in total. The first kappa shape index (κ1) is 17.4. The minimum atomic E-state index is -0.875. The molecule has 1 aromatic carbocycles. The van der Waals surface area contributed by atoms with E-state index in [9.17, 15) is 20.0 Å². The summed E-state index contributed by atoms with van der Waals surface area (Å²) < 4.78 is 4.92. The minimum absolute atomic E-state index is 0.0456. The van der Waals surface area contributed by atoms with E-state index in [0.29, 0.717) is 6.54 Å². The Kier molecular flexibility index (Phi) is 6.06. The highest BCUT2D eigenvalue weighted by atomic mass is 16.6. The van der Waals surface area contributed by atoms with Gasteiger partial charge in [-0.05, 0) is 12.5 Å². The lowest BCUT2D eigenvalue weighted by molar-refractivity contribution is -0.526. The van der Waals surface area contributed by atoms with Crippen molar-refractivity contribution in [2.75, 3.05) is 19.8 Å². The number of likely N-dealkylation sites (tertiary alicyclic amines) is 1. The number of hydrogen-bond acceptors (Lipinski definition) is 6. The lowest BCUT2D eigenvalue weighted by atomic mass is 9.93. The first-order chi connectivity index (χ1) is 11.1. The van der Waals surface area contributed by atoms with Gasteiger partial charge >= 0.3 is 5.97 Å². The number of rotatable bonds is 7. The number of aliphatic hydroxyl groups is 1. The van der Waals surface area contributed by atoms with Gasteiger partial charge in [-0.3, -0.25) is 19.8 Å². The second-order valence-corrected chi connectivity index (χ2v) is 5.69. The van der Waals surface area contributed by atoms with E-state index in [1.54, 1.807) is 6.92 Å². The summed E-state index contributed by atoms with van der Waals surface area (Å²) in [6, 6.07) is 8.29. The average molecular weight is 322 g/mol. The number of aliphatic hydroxyl groups excluding tert-OH is 1. The minimum Gasteiger partial charge on any atom is -0.466 e. The van der Waals surface area contributed by atoms with Gasteiger partial charge < -0.3 is 9.84 Å². The third-order valence-corrected chi connectivity index (χ3v) is 4.27. The van der Waals surface area contributed by atoms with Crippen molar-refractivity contribution >= 4 is 5.97 Å². The van der Waals surface area contributed by atoms with Crippen molar-refractivity contribution in [3.63, 3.8) is 0 Å². The molecule has 2 rings (SSSR count). The number of nitrogens with zero attached hydrogens (tertiary/aromatic N) is 2. The highest BCUT2D eigenvalue weighted by Crippen LogP contribution is 2.31. The highest BCUT2D eigenvalue weighted by molar-refractivity contribution is 5.69. The molecule has 1 aliphatic rings. The summed E-state index contributed by atoms with van der Waals surface area (Å²) in [7, 11) is 0. The average Bonchev–Trinajstić information content (AvgIpc) is 2.86. The molecule has 0 radical (unpaired) electrons. The standard InChI is InChI=1S/C16H22N2O5/c1-2-23-16(20)8-13-14(18(21)22)10-17(15(13)11-19)9-12-6-4-3-5-7-12/h3-7,13-15,19H,2,8-11H2,1H3/t13-,14+,15+/m1/s1. The molecule has 0 aromatic heterocycles. The third-order valence-electron chi connectivity index (χ3n) is 4.27. The predicted octanol–water partition coefficient (Wildman–Crippen LogP) is 1.08. The van der Waals surface area contributed by atoms with Gasteiger partial charge in [0.05, 0.1) is 32.1 Å². The Morgan fingerprint density at radius 2 is 2.13 bits per heavy atom. The first-order valence-corrected chi connectivity index (χ1v) is 7.74. The number of hydrogen-bond donors (Lipinski definition) is 1. The largest absolute Gasteiger partial charge is 0.466 e. The van der Waals surface area contributed by atoms with E-state index < -0.39 is 24.0 Å². The van der Waals surface area contributed by atoms with E-state index in [-0.39, 0.29) is 31.1 Å². The maximum absolute atomic E-state index is 11.7. The van der Waals surface area contributed by atoms with Gasteiger partial charge in [-0.1, -0.05) is 30.3 Å². The van der Waals surface area contributed by atoms with Crippen molar-refractivity contribution in [1.82, 2.24) is 4.90 Å². The molecule has 0 spiro atoms. The van der Waals surface area contributed by atoms with Gasteiger partial charge in [0.15, 0.2) is 0 Å². The van der Waals surface area contributed by atoms with Crippen molar-refractivity contribution in [2.24, 2.45) is 5.92 Å². The third kappa shape index (κ3) is 4.27. The molecule has 0 unspecified atom stereocenters. The fourth-order valence-electron chi connectivity index (χ4n) is 3.20. The second kappa shape index (κ2) is 8.03. The molecule has 1 saturated heterocycles. The predicted molar refractivity (Wildman–Crippen MR) is 83.2 cm³/mol. The normalized spacial score (nSPS) is 24.5. The molecular weight excluding hydrogens is 300 g/mol. The zero-order valence-electron chi connectivity index (χ0n) is 13.1. The van der Waals surface area contributed by atoms with Crippen LogP contribution in [0.15, 0.2) is 30.3 Å². The monoisotopic (exact) mass is 322 g/mol. The zero-order valence-corrected chi connectivity index (χ0v) is 13.1. The van der Waals surface area contributed by atoms with Gasteiger partial charge in [-0.25, -0.2) is 0 Å². The van der Waals surface area contributed by atoms with Crippen molar-refractivity contribution in [3.05, 3.63) is 46.0 Å². The Morgan fingerprint density at radius 3 is 2.70 bits per heavy atom. The van der Waals surface area contributed by atoms with Crippen molar-refractivity contribution in [1.29, 1.82) is 0 Å². The Labute approximate surface area is 135 Å². The molecule has 0 saturated carbocycles. The van der Waals surface area contributed by atoms with Crippen LogP contribution in [0.4, 0.5) is 0 Å². The number of nitro groups is 1. The van der Waals surface area contributed by atoms with Crippen LogP contribution in [0, 0.1) is 16.0 Å². The van der Waals surface area contributed by atoms with E-state index in [2.05, 4.69) is 0 Å². The number of benzene rings is 1. The number of carbonyl (C=O) groups excluding carboxylic acids is 1. The van der Waals surface area contributed by atoms with E-state index in [4.69, 9.17) is 4.74 Å². The number of carbonyl (C=O) groups is 1. The van der Waals surface area contributed by atoms with Gasteiger partial charge in [-0.2, -0.15) is 0 Å². The van der Waals surface area contributed by atoms with Crippen LogP contribution >= 0.6 is 0 Å². The van der Waals surface area contributed by atoms with Gasteiger partial charge in [0, 0.05) is 17.5 Å². The molecule has 1 heterocycles. The molecule has 3 atom stereocenters. The van der Waals surface area contributed by atoms with Gasteiger partial charge in [0.2, 0.25) is 6.04 Å². The van der Waals surface area contributed by atoms with E-state index >= 15 is 0 Å². The molecule has 1 aromatic rings. The summed E-state index contributed by atoms with van der Waals surface area (Å²) in [6.45, 7) is 2.45. The Balaban J connectivity index is 2.14. The molecule has 0 aliphatic carbocycles. The van der Waals surface area contributed by atoms with Crippen LogP contribution < -0.4 is 0 Å². The summed E-state index contributed by atoms with van der Waals surface area (Å²) in [5.41, 5.74) is 1.02. The Morgan fingerprint density at radius 1 is 1.43 bits per heavy atom. The fourth-order valence-corrected chi connectivity index (χ4v) is 3.20. The van der Waals surface area contributed by atoms with Crippen molar-refractivity contribution < 1.29 is 19.6 Å². The van der Waals surface area contributed by atoms with Gasteiger partial charge in [-0.15, -0.1) is 0 Å². The number of ether oxygens (including phenoxy) is 1. The topological polar surface area (TPSA) is 92.9 Å². The van der Waals surface area contributed by atoms with E-state index in [1.165, 1.54) is 0 Å². The molecule has 23 heavy (non-hydrogen) atoms. The quantitative estimate of drug-likeness (QED) is 0.459. The molecule has 7 heteroatoms. The SMILES string of the molecule is CCOC(=O)C[C@H]1[C@H](CO)N(Cc2ccccc2)C[C@@H]1[N+](=O)[O-]. The molecule has 0 bridgehead atoms. The summed E-state index contributed by atoms with van der Waals surface area (Å²) >= 11 is 0. The van der Waals surface area contributed by atoms with E-state index in [0.717, 1.165) is 5.56 Å². The zero-order chi connectivity index (χ0) is 16.8. The molecule has 7 nitrogen and oxygen atoms in total. The van der Waals surface area contributed by atoms with Crippen LogP contribution in [0.2, 0.25) is 0 Å². The van der Waals surface area contributed by atoms with E-state index in [1.807, 2.05) is 35.2 Å². The molecule has 1 aliphatic heterocycles. The Hall–Kier alpha value is -1.99. The van der Waals surface area contributed by atoms with Crippen LogP contribution in [-0.2, 0) is 16.1 Å². The lowest BCUT2D eigenvalue weighted by Gasteiger charge is -2.25. The smallest absolute Gasteiger partial charge is 0.306 e. The van der Waals surface area contributed by atoms with Crippen molar-refractivity contribution in [3.8, 4) is 0 Å². The first-order valence-electron chi connectivity index (χ1n) is 7.74. The summed E-state index contributed by atoms with van der Waals surface area (Å²) in [6.07, 6.45) is -0.0456. The Bertz CT molecular complexity index is 537. The van der Waals surface area contributed by atoms with Gasteiger partial charge in [0.25, 0.3) is 0 Å². The van der Waals surface area contributed by atoms with Crippen LogP contribution in [0.1, 0.15) is 18.9 Å². The van der Waals surface area contributed by atoms with Crippen molar-refractivity contribution in [2.45, 2.75) is 32.0 Å². The maximum atomic E-state index is 11.7. The molecule has 1 fully saturated rings. The maximum Gasteiger partial charge on any atom is 0.306 e.